The van der Waals surface area contributed by atoms with Gasteiger partial charge in [-0.1, -0.05) is 25.0 Å². The summed E-state index contributed by atoms with van der Waals surface area (Å²) in [5, 5.41) is 10.8. The summed E-state index contributed by atoms with van der Waals surface area (Å²) in [6.45, 7) is 1.47. The third-order valence-corrected chi connectivity index (χ3v) is 6.22. The second-order valence-corrected chi connectivity index (χ2v) is 8.04. The molecule has 0 unspecified atom stereocenters. The SMILES string of the molecule is Cl.Cn1cc([C@H]2CNC[C@@H]2C(=O)Nc2nc3ccccc3n2C2CCCC2)cn1. The molecule has 2 aliphatic rings. The Labute approximate surface area is 176 Å². The van der Waals surface area contributed by atoms with Crippen LogP contribution in [0.25, 0.3) is 11.0 Å². The molecule has 1 amide bonds. The number of amides is 1. The second-order valence-electron chi connectivity index (χ2n) is 8.04. The lowest BCUT2D eigenvalue weighted by Crippen LogP contribution is -2.29. The van der Waals surface area contributed by atoms with E-state index in [1.165, 1.54) is 12.8 Å². The Balaban J connectivity index is 0.00000205. The van der Waals surface area contributed by atoms with Crippen molar-refractivity contribution < 1.29 is 4.79 Å². The molecular formula is C21H27ClN6O. The monoisotopic (exact) mass is 414 g/mol. The highest BCUT2D eigenvalue weighted by Gasteiger charge is 2.35. The number of benzene rings is 1. The number of halogens is 1. The minimum Gasteiger partial charge on any atom is -0.315 e. The van der Waals surface area contributed by atoms with Crippen molar-refractivity contribution in [3.8, 4) is 0 Å². The van der Waals surface area contributed by atoms with Crippen LogP contribution in [0, 0.1) is 5.92 Å². The third-order valence-electron chi connectivity index (χ3n) is 6.22. The van der Waals surface area contributed by atoms with Gasteiger partial charge in [0, 0.05) is 38.3 Å². The van der Waals surface area contributed by atoms with Crippen LogP contribution in [0.3, 0.4) is 0 Å². The number of fused-ring (bicyclic) bond motifs is 1. The minimum atomic E-state index is -0.124. The molecule has 1 saturated heterocycles. The van der Waals surface area contributed by atoms with Gasteiger partial charge in [0.05, 0.1) is 23.1 Å². The maximum absolute atomic E-state index is 13.2. The molecular weight excluding hydrogens is 388 g/mol. The van der Waals surface area contributed by atoms with Gasteiger partial charge in [0.15, 0.2) is 0 Å². The van der Waals surface area contributed by atoms with Crippen molar-refractivity contribution in [1.29, 1.82) is 0 Å². The fraction of sp³-hybridized carbons (Fsp3) is 0.476. The van der Waals surface area contributed by atoms with Gasteiger partial charge in [-0.15, -0.1) is 12.4 Å². The lowest BCUT2D eigenvalue weighted by atomic mass is 9.90. The van der Waals surface area contributed by atoms with Gasteiger partial charge in [0.25, 0.3) is 0 Å². The normalized spacial score (nSPS) is 22.1. The van der Waals surface area contributed by atoms with Gasteiger partial charge < -0.3 is 9.88 Å². The van der Waals surface area contributed by atoms with Crippen LogP contribution in [0.5, 0.6) is 0 Å². The van der Waals surface area contributed by atoms with Crippen LogP contribution in [-0.4, -0.2) is 38.3 Å². The molecule has 154 valence electrons. The summed E-state index contributed by atoms with van der Waals surface area (Å²) in [5.41, 5.74) is 3.16. The number of hydrogen-bond acceptors (Lipinski definition) is 4. The molecule has 7 nitrogen and oxygen atoms in total. The van der Waals surface area contributed by atoms with Crippen LogP contribution in [0.4, 0.5) is 5.95 Å². The fourth-order valence-corrected chi connectivity index (χ4v) is 4.80. The van der Waals surface area contributed by atoms with Crippen LogP contribution in [0.2, 0.25) is 0 Å². The Hall–Kier alpha value is -2.38. The van der Waals surface area contributed by atoms with Gasteiger partial charge in [-0.3, -0.25) is 14.8 Å². The number of carbonyl (C=O) groups excluding carboxylic acids is 1. The average Bonchev–Trinajstić information content (AvgIpc) is 3.46. The highest BCUT2D eigenvalue weighted by molar-refractivity contribution is 5.94. The average molecular weight is 415 g/mol. The molecule has 2 N–H and O–H groups in total. The Morgan fingerprint density at radius 1 is 1.21 bits per heavy atom. The number of aromatic nitrogens is 4. The summed E-state index contributed by atoms with van der Waals surface area (Å²) < 4.78 is 4.05. The number of carbonyl (C=O) groups is 1. The molecule has 1 aliphatic carbocycles. The van der Waals surface area contributed by atoms with Crippen LogP contribution in [0.15, 0.2) is 36.7 Å². The first-order chi connectivity index (χ1) is 13.7. The van der Waals surface area contributed by atoms with E-state index in [1.54, 1.807) is 4.68 Å². The number of nitrogens with one attached hydrogen (secondary N) is 2. The van der Waals surface area contributed by atoms with Crippen molar-refractivity contribution in [2.75, 3.05) is 18.4 Å². The molecule has 5 rings (SSSR count). The summed E-state index contributed by atoms with van der Waals surface area (Å²) in [5.74, 6) is 0.738. The topological polar surface area (TPSA) is 76.8 Å². The van der Waals surface area contributed by atoms with E-state index in [9.17, 15) is 4.79 Å². The van der Waals surface area contributed by atoms with Crippen LogP contribution in [0.1, 0.15) is 43.2 Å². The van der Waals surface area contributed by atoms with Crippen molar-refractivity contribution in [3.63, 3.8) is 0 Å². The Morgan fingerprint density at radius 2 is 2.00 bits per heavy atom. The molecule has 1 aromatic carbocycles. The zero-order valence-corrected chi connectivity index (χ0v) is 17.4. The highest BCUT2D eigenvalue weighted by atomic mass is 35.5. The standard InChI is InChI=1S/C21H26N6O.ClH/c1-26-13-14(10-23-26)16-11-22-12-17(16)20(28)25-21-24-18-8-4-5-9-19(18)27(21)15-6-2-3-7-15;/h4-5,8-10,13,15-17,22H,2-3,6-7,11-12H2,1H3,(H,24,25,28);1H/t16-,17+;/m1./s1. The van der Waals surface area contributed by atoms with Gasteiger partial charge in [-0.25, -0.2) is 4.98 Å². The van der Waals surface area contributed by atoms with Gasteiger partial charge in [0.1, 0.15) is 0 Å². The van der Waals surface area contributed by atoms with Crippen LogP contribution >= 0.6 is 12.4 Å². The maximum Gasteiger partial charge on any atom is 0.231 e. The number of anilines is 1. The van der Waals surface area contributed by atoms with Gasteiger partial charge >= 0.3 is 0 Å². The molecule has 1 saturated carbocycles. The van der Waals surface area contributed by atoms with Gasteiger partial charge in [-0.05, 0) is 30.5 Å². The number of hydrogen-bond donors (Lipinski definition) is 2. The van der Waals surface area contributed by atoms with Crippen molar-refractivity contribution >= 4 is 35.3 Å². The first-order valence-electron chi connectivity index (χ1n) is 10.2. The maximum atomic E-state index is 13.2. The second kappa shape index (κ2) is 8.16. The minimum absolute atomic E-state index is 0. The zero-order valence-electron chi connectivity index (χ0n) is 16.5. The van der Waals surface area contributed by atoms with E-state index in [-0.39, 0.29) is 30.2 Å². The first-order valence-corrected chi connectivity index (χ1v) is 10.2. The summed E-state index contributed by atoms with van der Waals surface area (Å²) in [4.78, 5) is 18.0. The molecule has 8 heteroatoms. The number of imidazole rings is 1. The fourth-order valence-electron chi connectivity index (χ4n) is 4.80. The van der Waals surface area contributed by atoms with Crippen molar-refractivity contribution in [2.45, 2.75) is 37.6 Å². The van der Waals surface area contributed by atoms with E-state index in [0.29, 0.717) is 18.5 Å². The van der Waals surface area contributed by atoms with Crippen molar-refractivity contribution in [1.82, 2.24) is 24.6 Å². The van der Waals surface area contributed by atoms with Crippen LogP contribution in [-0.2, 0) is 11.8 Å². The molecule has 2 fully saturated rings. The van der Waals surface area contributed by atoms with Gasteiger partial charge in [0.2, 0.25) is 11.9 Å². The number of aryl methyl sites for hydroxylation is 1. The van der Waals surface area contributed by atoms with Gasteiger partial charge in [-0.2, -0.15) is 5.10 Å². The Bertz CT molecular complexity index is 1010. The van der Waals surface area contributed by atoms with E-state index >= 15 is 0 Å². The Morgan fingerprint density at radius 3 is 2.76 bits per heavy atom. The van der Waals surface area contributed by atoms with Crippen LogP contribution < -0.4 is 10.6 Å². The smallest absolute Gasteiger partial charge is 0.231 e. The summed E-state index contributed by atoms with van der Waals surface area (Å²) >= 11 is 0. The number of nitrogens with zero attached hydrogens (tertiary/aromatic N) is 4. The van der Waals surface area contributed by atoms with E-state index in [4.69, 9.17) is 4.98 Å². The molecule has 0 bridgehead atoms. The molecule has 3 heterocycles. The summed E-state index contributed by atoms with van der Waals surface area (Å²) in [7, 11) is 1.91. The summed E-state index contributed by atoms with van der Waals surface area (Å²) in [6.07, 6.45) is 8.64. The zero-order chi connectivity index (χ0) is 19.1. The first kappa shape index (κ1) is 19.9. The lowest BCUT2D eigenvalue weighted by molar-refractivity contribution is -0.119. The van der Waals surface area contributed by atoms with E-state index in [2.05, 4.69) is 26.4 Å². The molecule has 29 heavy (non-hydrogen) atoms. The largest absolute Gasteiger partial charge is 0.315 e. The van der Waals surface area contributed by atoms with E-state index < -0.39 is 0 Å². The molecule has 1 aliphatic heterocycles. The van der Waals surface area contributed by atoms with Crippen molar-refractivity contribution in [3.05, 3.63) is 42.2 Å². The molecule has 3 aromatic rings. The van der Waals surface area contributed by atoms with E-state index in [0.717, 1.165) is 36.0 Å². The molecule has 0 spiro atoms. The molecule has 0 radical (unpaired) electrons. The third kappa shape index (κ3) is 3.65. The Kier molecular flexibility index (Phi) is 5.61. The predicted octanol–water partition coefficient (Wildman–Crippen LogP) is 3.25. The summed E-state index contributed by atoms with van der Waals surface area (Å²) in [6, 6.07) is 8.58. The molecule has 2 atom stereocenters. The highest BCUT2D eigenvalue weighted by Crippen LogP contribution is 2.36. The lowest BCUT2D eigenvalue weighted by Gasteiger charge is -2.20. The number of para-hydroxylation sites is 2. The number of rotatable bonds is 4. The quantitative estimate of drug-likeness (QED) is 0.687. The molecule has 2 aromatic heterocycles. The predicted molar refractivity (Wildman–Crippen MR) is 115 cm³/mol. The van der Waals surface area contributed by atoms with Crippen molar-refractivity contribution in [2.24, 2.45) is 13.0 Å². The van der Waals surface area contributed by atoms with E-state index in [1.807, 2.05) is 37.6 Å².